The molecule has 1 amide bonds. The summed E-state index contributed by atoms with van der Waals surface area (Å²) in [6.07, 6.45) is 2.98. The van der Waals surface area contributed by atoms with Crippen molar-refractivity contribution in [2.75, 3.05) is 24.3 Å². The second-order valence-corrected chi connectivity index (χ2v) is 6.40. The van der Waals surface area contributed by atoms with Crippen molar-refractivity contribution in [1.82, 2.24) is 0 Å². The van der Waals surface area contributed by atoms with E-state index in [2.05, 4.69) is 5.32 Å². The Bertz CT molecular complexity index is 668. The third-order valence-electron chi connectivity index (χ3n) is 4.56. The number of carboxylic acid groups (broad SMARTS) is 1. The van der Waals surface area contributed by atoms with Crippen LogP contribution in [0.15, 0.2) is 36.4 Å². The first-order valence-corrected chi connectivity index (χ1v) is 7.50. The number of amides is 1. The van der Waals surface area contributed by atoms with Crippen molar-refractivity contribution >= 4 is 23.3 Å². The normalized spacial score (nSPS) is 31.2. The average molecular weight is 316 g/mol. The Balaban J connectivity index is 1.79. The van der Waals surface area contributed by atoms with Gasteiger partial charge in [-0.15, -0.1) is 0 Å². The van der Waals surface area contributed by atoms with Gasteiger partial charge in [-0.3, -0.25) is 9.59 Å². The molecule has 0 saturated carbocycles. The van der Waals surface area contributed by atoms with Crippen LogP contribution in [-0.4, -0.2) is 42.8 Å². The zero-order valence-corrected chi connectivity index (χ0v) is 13.3. The lowest BCUT2D eigenvalue weighted by atomic mass is 9.75. The summed E-state index contributed by atoms with van der Waals surface area (Å²) in [5.41, 5.74) is 0.797. The molecule has 23 heavy (non-hydrogen) atoms. The van der Waals surface area contributed by atoms with Crippen molar-refractivity contribution in [3.05, 3.63) is 36.4 Å². The van der Waals surface area contributed by atoms with E-state index in [0.29, 0.717) is 5.69 Å². The quantitative estimate of drug-likeness (QED) is 0.827. The summed E-state index contributed by atoms with van der Waals surface area (Å²) in [5.74, 6) is -2.94. The number of anilines is 2. The topological polar surface area (TPSA) is 78.9 Å². The minimum atomic E-state index is -1.01. The van der Waals surface area contributed by atoms with Crippen LogP contribution >= 0.6 is 0 Å². The van der Waals surface area contributed by atoms with Crippen LogP contribution in [0.5, 0.6) is 0 Å². The van der Waals surface area contributed by atoms with Crippen LogP contribution in [0, 0.1) is 11.8 Å². The van der Waals surface area contributed by atoms with Gasteiger partial charge in [0.1, 0.15) is 5.92 Å². The summed E-state index contributed by atoms with van der Waals surface area (Å²) >= 11 is 0. The largest absolute Gasteiger partial charge is 0.481 e. The number of nitrogens with one attached hydrogen (secondary N) is 1. The van der Waals surface area contributed by atoms with Crippen molar-refractivity contribution in [2.45, 2.75) is 18.6 Å². The van der Waals surface area contributed by atoms with Crippen LogP contribution < -0.4 is 10.2 Å². The summed E-state index contributed by atoms with van der Waals surface area (Å²) in [6, 6.07) is 7.39. The molecular formula is C17H20N2O4. The molecule has 1 aromatic carbocycles. The molecule has 0 radical (unpaired) electrons. The van der Waals surface area contributed by atoms with Crippen molar-refractivity contribution in [1.29, 1.82) is 0 Å². The molecule has 0 aliphatic carbocycles. The van der Waals surface area contributed by atoms with Crippen LogP contribution in [0.3, 0.4) is 0 Å². The Morgan fingerprint density at radius 3 is 2.48 bits per heavy atom. The molecule has 3 rings (SSSR count). The molecule has 1 fully saturated rings. The van der Waals surface area contributed by atoms with E-state index in [1.165, 1.54) is 0 Å². The maximum atomic E-state index is 12.6. The lowest BCUT2D eigenvalue weighted by molar-refractivity contribution is -0.146. The molecule has 2 N–H and O–H groups in total. The first kappa shape index (κ1) is 15.6. The fraction of sp³-hybridized carbons (Fsp3) is 0.412. The third-order valence-corrected chi connectivity index (χ3v) is 4.56. The first-order chi connectivity index (χ1) is 10.8. The van der Waals surface area contributed by atoms with Crippen LogP contribution in [-0.2, 0) is 14.3 Å². The standard InChI is InChI=1S/C17H20N2O4/c1-17-9-8-12(23-17)13(16(21)22)14(17)15(20)18-10-4-6-11(7-5-10)19(2)3/h4-9,12-14H,1-3H3,(H,18,20)(H,21,22)/t12-,13+,14-,17-/m1/s1. The number of carbonyl (C=O) groups excluding carboxylic acids is 1. The highest BCUT2D eigenvalue weighted by molar-refractivity contribution is 5.97. The molecule has 0 spiro atoms. The number of nitrogens with zero attached hydrogens (tertiary/aromatic N) is 1. The second kappa shape index (κ2) is 5.38. The molecule has 2 aliphatic heterocycles. The summed E-state index contributed by atoms with van der Waals surface area (Å²) in [6.45, 7) is 1.76. The molecule has 1 aromatic rings. The highest BCUT2D eigenvalue weighted by Crippen LogP contribution is 2.47. The van der Waals surface area contributed by atoms with Gasteiger partial charge in [0.15, 0.2) is 0 Å². The predicted molar refractivity (Wildman–Crippen MR) is 86.4 cm³/mol. The van der Waals surface area contributed by atoms with E-state index in [9.17, 15) is 14.7 Å². The van der Waals surface area contributed by atoms with Gasteiger partial charge in [0.05, 0.1) is 17.6 Å². The van der Waals surface area contributed by atoms with Gasteiger partial charge in [0.25, 0.3) is 0 Å². The zero-order valence-electron chi connectivity index (χ0n) is 13.3. The highest BCUT2D eigenvalue weighted by atomic mass is 16.5. The van der Waals surface area contributed by atoms with Gasteiger partial charge in [-0.2, -0.15) is 0 Å². The second-order valence-electron chi connectivity index (χ2n) is 6.40. The van der Waals surface area contributed by atoms with Crippen LogP contribution in [0.25, 0.3) is 0 Å². The van der Waals surface area contributed by atoms with E-state index < -0.39 is 29.5 Å². The smallest absolute Gasteiger partial charge is 0.310 e. The molecular weight excluding hydrogens is 296 g/mol. The van der Waals surface area contributed by atoms with E-state index in [4.69, 9.17) is 4.74 Å². The fourth-order valence-electron chi connectivity index (χ4n) is 3.34. The molecule has 4 atom stereocenters. The minimum Gasteiger partial charge on any atom is -0.481 e. The lowest BCUT2D eigenvalue weighted by Gasteiger charge is -2.27. The molecule has 1 saturated heterocycles. The Morgan fingerprint density at radius 2 is 1.91 bits per heavy atom. The number of ether oxygens (including phenoxy) is 1. The monoisotopic (exact) mass is 316 g/mol. The van der Waals surface area contributed by atoms with Crippen LogP contribution in [0.1, 0.15) is 6.92 Å². The summed E-state index contributed by atoms with van der Waals surface area (Å²) in [5, 5.41) is 12.2. The number of fused-ring (bicyclic) bond motifs is 2. The summed E-state index contributed by atoms with van der Waals surface area (Å²) in [4.78, 5) is 26.1. The molecule has 2 heterocycles. The van der Waals surface area contributed by atoms with E-state index >= 15 is 0 Å². The van der Waals surface area contributed by atoms with E-state index in [-0.39, 0.29) is 5.91 Å². The van der Waals surface area contributed by atoms with Gasteiger partial charge in [0, 0.05) is 25.5 Å². The van der Waals surface area contributed by atoms with Gasteiger partial charge in [-0.25, -0.2) is 0 Å². The highest BCUT2D eigenvalue weighted by Gasteiger charge is 2.59. The lowest BCUT2D eigenvalue weighted by Crippen LogP contribution is -2.44. The molecule has 6 nitrogen and oxygen atoms in total. The minimum absolute atomic E-state index is 0.329. The number of carboxylic acids is 1. The molecule has 0 aromatic heterocycles. The maximum Gasteiger partial charge on any atom is 0.310 e. The van der Waals surface area contributed by atoms with Crippen LogP contribution in [0.2, 0.25) is 0 Å². The number of hydrogen-bond donors (Lipinski definition) is 2. The van der Waals surface area contributed by atoms with E-state index in [1.54, 1.807) is 31.2 Å². The molecule has 2 bridgehead atoms. The number of hydrogen-bond acceptors (Lipinski definition) is 4. The van der Waals surface area contributed by atoms with Crippen molar-refractivity contribution < 1.29 is 19.4 Å². The van der Waals surface area contributed by atoms with E-state index in [1.807, 2.05) is 31.1 Å². The molecule has 122 valence electrons. The van der Waals surface area contributed by atoms with Gasteiger partial charge in [0.2, 0.25) is 5.91 Å². The van der Waals surface area contributed by atoms with E-state index in [0.717, 1.165) is 5.69 Å². The zero-order chi connectivity index (χ0) is 16.8. The van der Waals surface area contributed by atoms with Crippen molar-refractivity contribution in [2.24, 2.45) is 11.8 Å². The Kier molecular flexibility index (Phi) is 3.64. The fourth-order valence-corrected chi connectivity index (χ4v) is 3.34. The Labute approximate surface area is 134 Å². The maximum absolute atomic E-state index is 12.6. The van der Waals surface area contributed by atoms with Crippen LogP contribution in [0.4, 0.5) is 11.4 Å². The predicted octanol–water partition coefficient (Wildman–Crippen LogP) is 1.74. The molecule has 2 aliphatic rings. The molecule has 0 unspecified atom stereocenters. The average Bonchev–Trinajstić information content (AvgIpc) is 3.00. The van der Waals surface area contributed by atoms with Gasteiger partial charge in [-0.1, -0.05) is 12.2 Å². The number of carbonyl (C=O) groups is 2. The first-order valence-electron chi connectivity index (χ1n) is 7.50. The summed E-state index contributed by atoms with van der Waals surface area (Å²) in [7, 11) is 3.87. The number of aliphatic carboxylic acids is 1. The Hall–Kier alpha value is -2.34. The van der Waals surface area contributed by atoms with Gasteiger partial charge in [-0.05, 0) is 31.2 Å². The third kappa shape index (κ3) is 2.59. The van der Waals surface area contributed by atoms with Gasteiger partial charge < -0.3 is 20.1 Å². The molecule has 6 heteroatoms. The van der Waals surface area contributed by atoms with Crippen molar-refractivity contribution in [3.8, 4) is 0 Å². The summed E-state index contributed by atoms with van der Waals surface area (Å²) < 4.78 is 5.70. The Morgan fingerprint density at radius 1 is 1.26 bits per heavy atom. The van der Waals surface area contributed by atoms with Gasteiger partial charge >= 0.3 is 5.97 Å². The number of benzene rings is 1. The number of rotatable bonds is 4. The van der Waals surface area contributed by atoms with Crippen molar-refractivity contribution in [3.63, 3.8) is 0 Å². The SMILES string of the molecule is CN(C)c1ccc(NC(=O)[C@H]2[C@@H](C(=O)O)[C@H]3C=C[C@@]2(C)O3)cc1.